The summed E-state index contributed by atoms with van der Waals surface area (Å²) >= 11 is 0. The van der Waals surface area contributed by atoms with E-state index in [9.17, 15) is 5.11 Å². The van der Waals surface area contributed by atoms with Gasteiger partial charge < -0.3 is 19.0 Å². The first kappa shape index (κ1) is 19.3. The third kappa shape index (κ3) is 3.20. The van der Waals surface area contributed by atoms with Crippen molar-refractivity contribution in [3.05, 3.63) is 0 Å². The molecule has 0 aromatic heterocycles. The molecule has 3 saturated heterocycles. The first-order valence-electron chi connectivity index (χ1n) is 10.6. The second kappa shape index (κ2) is 6.53. The molecule has 1 spiro atoms. The van der Waals surface area contributed by atoms with E-state index >= 15 is 0 Å². The van der Waals surface area contributed by atoms with Crippen LogP contribution in [0.4, 0.5) is 0 Å². The normalized spacial score (nSPS) is 40.6. The van der Waals surface area contributed by atoms with Crippen molar-refractivity contribution in [2.75, 3.05) is 13.1 Å². The topological polar surface area (TPSA) is 51.2 Å². The van der Waals surface area contributed by atoms with Crippen LogP contribution < -0.4 is 0 Å². The van der Waals surface area contributed by atoms with Crippen LogP contribution in [0.1, 0.15) is 59.3 Å². The molecule has 3 heterocycles. The average molecular weight is 384 g/mol. The van der Waals surface area contributed by atoms with Gasteiger partial charge in [-0.3, -0.25) is 4.90 Å². The highest BCUT2D eigenvalue weighted by Gasteiger charge is 2.59. The van der Waals surface area contributed by atoms with E-state index in [1.54, 1.807) is 0 Å². The predicted octanol–water partition coefficient (Wildman–Crippen LogP) is 3.27. The number of aliphatic hydroxyl groups is 1. The Morgan fingerprint density at radius 2 is 1.81 bits per heavy atom. The molecular weight excluding hydrogens is 346 g/mol. The number of hydrogen-bond donors (Lipinski definition) is 1. The van der Waals surface area contributed by atoms with E-state index in [2.05, 4.69) is 38.8 Å². The van der Waals surface area contributed by atoms with Gasteiger partial charge in [-0.15, -0.1) is 0 Å². The van der Waals surface area contributed by atoms with Crippen LogP contribution in [0.3, 0.4) is 0 Å². The van der Waals surface area contributed by atoms with Crippen molar-refractivity contribution in [1.29, 1.82) is 0 Å². The standard InChI is InChI=1S/C20H37NO4Si/c1-19(2,3)26(4,5)25-15-13-21-12-9-14-16(21)18(17(15)22)24-20(23-14)10-7-6-8-11-20/h14-18,22H,6-13H2,1-5H3/t14-,15-,16+,17-,18+/m0/s1. The van der Waals surface area contributed by atoms with E-state index < -0.39 is 20.2 Å². The van der Waals surface area contributed by atoms with Crippen molar-refractivity contribution in [1.82, 2.24) is 4.90 Å². The van der Waals surface area contributed by atoms with Gasteiger partial charge in [0.25, 0.3) is 0 Å². The van der Waals surface area contributed by atoms with Gasteiger partial charge in [0.1, 0.15) is 12.2 Å². The van der Waals surface area contributed by atoms with E-state index in [1.165, 1.54) is 6.42 Å². The Labute approximate surface area is 159 Å². The largest absolute Gasteiger partial charge is 0.410 e. The van der Waals surface area contributed by atoms with E-state index in [4.69, 9.17) is 13.9 Å². The zero-order chi connectivity index (χ0) is 18.7. The molecular formula is C20H37NO4Si. The lowest BCUT2D eigenvalue weighted by molar-refractivity contribution is -0.360. The van der Waals surface area contributed by atoms with Crippen LogP contribution in [0.15, 0.2) is 0 Å². The zero-order valence-corrected chi connectivity index (χ0v) is 18.2. The van der Waals surface area contributed by atoms with Gasteiger partial charge in [0.05, 0.1) is 18.2 Å². The van der Waals surface area contributed by atoms with Gasteiger partial charge in [0.15, 0.2) is 14.1 Å². The number of rotatable bonds is 2. The molecule has 5 nitrogen and oxygen atoms in total. The molecule has 0 radical (unpaired) electrons. The molecule has 0 bridgehead atoms. The van der Waals surface area contributed by atoms with Gasteiger partial charge in [-0.1, -0.05) is 27.2 Å². The molecule has 0 unspecified atom stereocenters. The fraction of sp³-hybridized carbons (Fsp3) is 1.00. The monoisotopic (exact) mass is 383 g/mol. The number of hydrogen-bond acceptors (Lipinski definition) is 5. The Bertz CT molecular complexity index is 528. The highest BCUT2D eigenvalue weighted by Crippen LogP contribution is 2.47. The van der Waals surface area contributed by atoms with Crippen LogP contribution in [0.25, 0.3) is 0 Å². The minimum Gasteiger partial charge on any atom is -0.410 e. The quantitative estimate of drug-likeness (QED) is 0.742. The Morgan fingerprint density at radius 3 is 2.46 bits per heavy atom. The van der Waals surface area contributed by atoms with Crippen molar-refractivity contribution < 1.29 is 19.0 Å². The van der Waals surface area contributed by atoms with Crippen molar-refractivity contribution >= 4 is 8.32 Å². The summed E-state index contributed by atoms with van der Waals surface area (Å²) in [7, 11) is -1.94. The Morgan fingerprint density at radius 1 is 1.12 bits per heavy atom. The van der Waals surface area contributed by atoms with Crippen LogP contribution in [-0.2, 0) is 13.9 Å². The van der Waals surface area contributed by atoms with E-state index in [0.717, 1.165) is 45.2 Å². The summed E-state index contributed by atoms with van der Waals surface area (Å²) in [5.74, 6) is -0.458. The lowest BCUT2D eigenvalue weighted by atomic mass is 9.87. The fourth-order valence-corrected chi connectivity index (χ4v) is 6.37. The number of ether oxygens (including phenoxy) is 2. The molecule has 0 aromatic rings. The third-order valence-corrected chi connectivity index (χ3v) is 12.1. The molecule has 4 aliphatic rings. The molecule has 4 fully saturated rings. The Hall–Kier alpha value is 0.0169. The molecule has 1 saturated carbocycles. The van der Waals surface area contributed by atoms with Gasteiger partial charge in [-0.2, -0.15) is 0 Å². The lowest BCUT2D eigenvalue weighted by Crippen LogP contribution is -2.69. The summed E-state index contributed by atoms with van der Waals surface area (Å²) in [4.78, 5) is 2.45. The molecule has 4 rings (SSSR count). The fourth-order valence-electron chi connectivity index (χ4n) is 5.04. The molecule has 26 heavy (non-hydrogen) atoms. The second-order valence-electron chi connectivity index (χ2n) is 10.4. The zero-order valence-electron chi connectivity index (χ0n) is 17.2. The summed E-state index contributed by atoms with van der Waals surface area (Å²) in [5.41, 5.74) is 0. The average Bonchev–Trinajstić information content (AvgIpc) is 2.94. The van der Waals surface area contributed by atoms with Crippen LogP contribution in [0.5, 0.6) is 0 Å². The van der Waals surface area contributed by atoms with Crippen LogP contribution in [-0.4, -0.2) is 67.7 Å². The van der Waals surface area contributed by atoms with Crippen molar-refractivity contribution in [3.8, 4) is 0 Å². The SMILES string of the molecule is CC(C)(C)[Si](C)(C)O[C@H]1CN2CC[C@@H]3OC4(CCCCC4)O[C@@H]([C@H]1O)[C@@H]32. The summed E-state index contributed by atoms with van der Waals surface area (Å²) in [6, 6.07) is 0.191. The number of piperidine rings is 1. The summed E-state index contributed by atoms with van der Waals surface area (Å²) in [6.07, 6.45) is 5.86. The molecule has 0 aromatic carbocycles. The van der Waals surface area contributed by atoms with Crippen LogP contribution >= 0.6 is 0 Å². The highest BCUT2D eigenvalue weighted by atomic mass is 28.4. The molecule has 1 aliphatic carbocycles. The van der Waals surface area contributed by atoms with Crippen molar-refractivity contribution in [2.24, 2.45) is 0 Å². The molecule has 3 aliphatic heterocycles. The molecule has 5 atom stereocenters. The maximum atomic E-state index is 11.3. The first-order chi connectivity index (χ1) is 12.1. The lowest BCUT2D eigenvalue weighted by Gasteiger charge is -2.55. The van der Waals surface area contributed by atoms with Gasteiger partial charge in [0.2, 0.25) is 0 Å². The van der Waals surface area contributed by atoms with E-state index in [1.807, 2.05) is 0 Å². The van der Waals surface area contributed by atoms with Gasteiger partial charge in [-0.25, -0.2) is 0 Å². The smallest absolute Gasteiger partial charge is 0.192 e. The maximum absolute atomic E-state index is 11.3. The maximum Gasteiger partial charge on any atom is 0.192 e. The van der Waals surface area contributed by atoms with E-state index in [0.29, 0.717) is 0 Å². The second-order valence-corrected chi connectivity index (χ2v) is 15.1. The van der Waals surface area contributed by atoms with Crippen molar-refractivity contribution in [2.45, 2.75) is 114 Å². The molecule has 150 valence electrons. The van der Waals surface area contributed by atoms with E-state index in [-0.39, 0.29) is 29.4 Å². The highest BCUT2D eigenvalue weighted by molar-refractivity contribution is 6.74. The number of aliphatic hydroxyl groups excluding tert-OH is 1. The Kier molecular flexibility index (Phi) is 4.86. The minimum absolute atomic E-state index is 0.137. The summed E-state index contributed by atoms with van der Waals surface area (Å²) in [5, 5.41) is 11.4. The Balaban J connectivity index is 1.56. The van der Waals surface area contributed by atoms with Crippen LogP contribution in [0, 0.1) is 0 Å². The van der Waals surface area contributed by atoms with Gasteiger partial charge >= 0.3 is 0 Å². The van der Waals surface area contributed by atoms with Crippen molar-refractivity contribution in [3.63, 3.8) is 0 Å². The summed E-state index contributed by atoms with van der Waals surface area (Å²) < 4.78 is 19.7. The van der Waals surface area contributed by atoms with Gasteiger partial charge in [0, 0.05) is 25.9 Å². The third-order valence-electron chi connectivity index (χ3n) is 7.56. The predicted molar refractivity (Wildman–Crippen MR) is 104 cm³/mol. The molecule has 0 amide bonds. The first-order valence-corrected chi connectivity index (χ1v) is 13.5. The number of nitrogens with zero attached hydrogens (tertiary/aromatic N) is 1. The van der Waals surface area contributed by atoms with Gasteiger partial charge in [-0.05, 0) is 37.4 Å². The van der Waals surface area contributed by atoms with Crippen LogP contribution in [0.2, 0.25) is 18.1 Å². The molecule has 1 N–H and O–H groups in total. The summed E-state index contributed by atoms with van der Waals surface area (Å²) in [6.45, 7) is 13.1. The minimum atomic E-state index is -1.94. The molecule has 6 heteroatoms.